The van der Waals surface area contributed by atoms with Gasteiger partial charge in [0.05, 0.1) is 30.2 Å². The SMILES string of the molecule is Cc1cnc2c(NC(=O)c3cn4cc([C@]56CC[C@](C)(C5)OC6)nc4nc3OC(C)C)cnn2c1. The predicted octanol–water partition coefficient (Wildman–Crippen LogP) is 3.33. The molecule has 5 heterocycles. The molecule has 2 aliphatic rings. The molecule has 4 aromatic rings. The van der Waals surface area contributed by atoms with Gasteiger partial charge in [-0.05, 0) is 52.5 Å². The van der Waals surface area contributed by atoms with E-state index in [1.54, 1.807) is 27.5 Å². The standard InChI is InChI=1S/C24H27N7O3/c1-14(2)34-21-16(20(32)27-17-8-26-31-9-15(3)7-25-19(17)31)10-30-11-18(28-22(30)29-21)24-6-5-23(4,12-24)33-13-24/h7-11,14H,5-6,12-13H2,1-4H3,(H,27,32)/t23-,24-/m1/s1. The Labute approximate surface area is 196 Å². The Hall–Kier alpha value is -3.53. The second kappa shape index (κ2) is 7.23. The molecule has 1 N–H and O–H groups in total. The van der Waals surface area contributed by atoms with Crippen molar-refractivity contribution >= 4 is 23.0 Å². The Kier molecular flexibility index (Phi) is 4.47. The predicted molar refractivity (Wildman–Crippen MR) is 124 cm³/mol. The van der Waals surface area contributed by atoms with Crippen LogP contribution in [0.25, 0.3) is 11.4 Å². The lowest BCUT2D eigenvalue weighted by atomic mass is 9.84. The third-order valence-electron chi connectivity index (χ3n) is 6.82. The van der Waals surface area contributed by atoms with E-state index in [2.05, 4.69) is 27.3 Å². The number of nitrogens with one attached hydrogen (secondary N) is 1. The molecule has 6 rings (SSSR count). The van der Waals surface area contributed by atoms with Crippen LogP contribution in [0.2, 0.25) is 0 Å². The minimum atomic E-state index is -0.353. The quantitative estimate of drug-likeness (QED) is 0.486. The van der Waals surface area contributed by atoms with E-state index < -0.39 is 0 Å². The molecule has 2 atom stereocenters. The maximum absolute atomic E-state index is 13.4. The summed E-state index contributed by atoms with van der Waals surface area (Å²) in [5.74, 6) is 0.396. The molecule has 0 radical (unpaired) electrons. The van der Waals surface area contributed by atoms with Crippen molar-refractivity contribution in [2.24, 2.45) is 0 Å². The number of nitrogens with zero attached hydrogens (tertiary/aromatic N) is 6. The van der Waals surface area contributed by atoms with E-state index in [-0.39, 0.29) is 28.9 Å². The molecule has 0 aromatic carbocycles. The van der Waals surface area contributed by atoms with Crippen LogP contribution in [0, 0.1) is 6.92 Å². The lowest BCUT2D eigenvalue weighted by molar-refractivity contribution is -0.00627. The number of imidazole rings is 1. The fraction of sp³-hybridized carbons (Fsp3) is 0.458. The van der Waals surface area contributed by atoms with Crippen molar-refractivity contribution in [1.82, 2.24) is 29.0 Å². The molecule has 4 aromatic heterocycles. The average Bonchev–Trinajstić information content (AvgIpc) is 3.53. The molecular formula is C24H27N7O3. The molecular weight excluding hydrogens is 434 g/mol. The maximum atomic E-state index is 13.4. The Morgan fingerprint density at radius 2 is 2.06 bits per heavy atom. The zero-order chi connectivity index (χ0) is 23.7. The van der Waals surface area contributed by atoms with Crippen LogP contribution in [0.1, 0.15) is 61.6 Å². The van der Waals surface area contributed by atoms with Gasteiger partial charge >= 0.3 is 0 Å². The van der Waals surface area contributed by atoms with Gasteiger partial charge in [-0.2, -0.15) is 10.1 Å². The zero-order valence-corrected chi connectivity index (χ0v) is 19.7. The molecule has 2 bridgehead atoms. The largest absolute Gasteiger partial charge is 0.474 e. The van der Waals surface area contributed by atoms with Crippen LogP contribution in [0.4, 0.5) is 5.69 Å². The fourth-order valence-corrected chi connectivity index (χ4v) is 5.12. The summed E-state index contributed by atoms with van der Waals surface area (Å²) >= 11 is 0. The topological polar surface area (TPSA) is 108 Å². The summed E-state index contributed by atoms with van der Waals surface area (Å²) in [5, 5.41) is 7.20. The smallest absolute Gasteiger partial charge is 0.262 e. The summed E-state index contributed by atoms with van der Waals surface area (Å²) in [6.45, 7) is 8.57. The molecule has 1 aliphatic heterocycles. The zero-order valence-electron chi connectivity index (χ0n) is 19.7. The molecule has 0 unspecified atom stereocenters. The molecule has 1 amide bonds. The second-order valence-corrected chi connectivity index (χ2v) is 10.1. The molecule has 1 aliphatic carbocycles. The number of anilines is 1. The van der Waals surface area contributed by atoms with Crippen molar-refractivity contribution in [2.45, 2.75) is 64.1 Å². The highest BCUT2D eigenvalue weighted by molar-refractivity contribution is 6.07. The van der Waals surface area contributed by atoms with Gasteiger partial charge in [0, 0.05) is 30.2 Å². The third-order valence-corrected chi connectivity index (χ3v) is 6.82. The van der Waals surface area contributed by atoms with Gasteiger partial charge in [0.25, 0.3) is 5.91 Å². The summed E-state index contributed by atoms with van der Waals surface area (Å²) in [7, 11) is 0. The normalized spacial score (nSPS) is 23.9. The van der Waals surface area contributed by atoms with Crippen molar-refractivity contribution < 1.29 is 14.3 Å². The van der Waals surface area contributed by atoms with Crippen LogP contribution in [0.3, 0.4) is 0 Å². The van der Waals surface area contributed by atoms with Crippen molar-refractivity contribution in [3.8, 4) is 5.88 Å². The van der Waals surface area contributed by atoms with Crippen molar-refractivity contribution in [3.05, 3.63) is 47.8 Å². The third kappa shape index (κ3) is 3.32. The molecule has 2 fully saturated rings. The monoisotopic (exact) mass is 461 g/mol. The first kappa shape index (κ1) is 21.0. The number of aryl methyl sites for hydroxylation is 1. The lowest BCUT2D eigenvalue weighted by Gasteiger charge is -2.24. The first-order chi connectivity index (χ1) is 16.2. The van der Waals surface area contributed by atoms with E-state index >= 15 is 0 Å². The van der Waals surface area contributed by atoms with Crippen LogP contribution in [-0.4, -0.2) is 53.2 Å². The van der Waals surface area contributed by atoms with E-state index in [0.29, 0.717) is 29.3 Å². The first-order valence-corrected chi connectivity index (χ1v) is 11.6. The second-order valence-electron chi connectivity index (χ2n) is 10.1. The van der Waals surface area contributed by atoms with Crippen molar-refractivity contribution in [1.29, 1.82) is 0 Å². The molecule has 1 saturated carbocycles. The Morgan fingerprint density at radius 1 is 1.21 bits per heavy atom. The van der Waals surface area contributed by atoms with Crippen LogP contribution in [0.5, 0.6) is 5.88 Å². The summed E-state index contributed by atoms with van der Waals surface area (Å²) in [6.07, 6.45) is 11.7. The van der Waals surface area contributed by atoms with Crippen molar-refractivity contribution in [2.75, 3.05) is 11.9 Å². The van der Waals surface area contributed by atoms with E-state index in [0.717, 1.165) is 30.5 Å². The Morgan fingerprint density at radius 3 is 2.76 bits per heavy atom. The Bertz CT molecular complexity index is 1430. The summed E-state index contributed by atoms with van der Waals surface area (Å²) in [4.78, 5) is 27.2. The number of hydrogen-bond donors (Lipinski definition) is 1. The van der Waals surface area contributed by atoms with Gasteiger partial charge in [-0.25, -0.2) is 14.5 Å². The van der Waals surface area contributed by atoms with Gasteiger partial charge in [-0.3, -0.25) is 9.20 Å². The highest BCUT2D eigenvalue weighted by atomic mass is 16.5. The number of hydrogen-bond acceptors (Lipinski definition) is 7. The molecule has 34 heavy (non-hydrogen) atoms. The maximum Gasteiger partial charge on any atom is 0.262 e. The minimum absolute atomic E-state index is 0.0683. The highest BCUT2D eigenvalue weighted by Gasteiger charge is 2.55. The van der Waals surface area contributed by atoms with Gasteiger partial charge < -0.3 is 14.8 Å². The van der Waals surface area contributed by atoms with Crippen molar-refractivity contribution in [3.63, 3.8) is 0 Å². The highest BCUT2D eigenvalue weighted by Crippen LogP contribution is 2.53. The summed E-state index contributed by atoms with van der Waals surface area (Å²) in [6, 6.07) is 0. The summed E-state index contributed by atoms with van der Waals surface area (Å²) in [5.41, 5.74) is 3.16. The first-order valence-electron chi connectivity index (χ1n) is 11.6. The number of amides is 1. The lowest BCUT2D eigenvalue weighted by Crippen LogP contribution is -2.26. The van der Waals surface area contributed by atoms with E-state index in [4.69, 9.17) is 14.5 Å². The number of fused-ring (bicyclic) bond motifs is 4. The number of rotatable bonds is 5. The van der Waals surface area contributed by atoms with E-state index in [1.807, 2.05) is 33.2 Å². The van der Waals surface area contributed by atoms with Crippen LogP contribution >= 0.6 is 0 Å². The Balaban J connectivity index is 1.38. The van der Waals surface area contributed by atoms with E-state index in [1.165, 1.54) is 0 Å². The molecule has 176 valence electrons. The molecule has 10 heteroatoms. The fourth-order valence-electron chi connectivity index (χ4n) is 5.12. The van der Waals surface area contributed by atoms with Gasteiger partial charge in [0.15, 0.2) is 5.65 Å². The van der Waals surface area contributed by atoms with Gasteiger partial charge in [0.1, 0.15) is 11.3 Å². The molecule has 0 spiro atoms. The van der Waals surface area contributed by atoms with Gasteiger partial charge in [0.2, 0.25) is 11.7 Å². The van der Waals surface area contributed by atoms with Crippen LogP contribution in [-0.2, 0) is 10.2 Å². The number of aromatic nitrogens is 6. The minimum Gasteiger partial charge on any atom is -0.474 e. The average molecular weight is 462 g/mol. The number of carbonyl (C=O) groups is 1. The van der Waals surface area contributed by atoms with Gasteiger partial charge in [-0.15, -0.1) is 0 Å². The van der Waals surface area contributed by atoms with Crippen LogP contribution < -0.4 is 10.1 Å². The number of carbonyl (C=O) groups excluding carboxylic acids is 1. The van der Waals surface area contributed by atoms with E-state index in [9.17, 15) is 4.79 Å². The molecule has 1 saturated heterocycles. The molecule has 10 nitrogen and oxygen atoms in total. The number of ether oxygens (including phenoxy) is 2. The van der Waals surface area contributed by atoms with Crippen LogP contribution in [0.15, 0.2) is 31.0 Å². The summed E-state index contributed by atoms with van der Waals surface area (Å²) < 4.78 is 15.4. The van der Waals surface area contributed by atoms with Gasteiger partial charge in [-0.1, -0.05) is 0 Å².